The Morgan fingerprint density at radius 2 is 1.95 bits per heavy atom. The average molecular weight is 273 g/mol. The van der Waals surface area contributed by atoms with Crippen molar-refractivity contribution in [2.45, 2.75) is 33.2 Å². The number of amides is 1. The zero-order chi connectivity index (χ0) is 14.9. The van der Waals surface area contributed by atoms with Crippen molar-refractivity contribution in [2.24, 2.45) is 5.92 Å². The molecule has 0 fully saturated rings. The molecule has 0 aliphatic carbocycles. The fourth-order valence-electron chi connectivity index (χ4n) is 2.59. The molecule has 0 spiro atoms. The van der Waals surface area contributed by atoms with E-state index >= 15 is 0 Å². The molecule has 1 aliphatic rings. The van der Waals surface area contributed by atoms with Crippen LogP contribution in [0.3, 0.4) is 0 Å². The van der Waals surface area contributed by atoms with Crippen LogP contribution >= 0.6 is 0 Å². The van der Waals surface area contributed by atoms with Gasteiger partial charge in [0.05, 0.1) is 6.04 Å². The molecule has 1 aromatic carbocycles. The lowest BCUT2D eigenvalue weighted by atomic mass is 9.80. The van der Waals surface area contributed by atoms with Crippen LogP contribution in [0, 0.1) is 5.92 Å². The van der Waals surface area contributed by atoms with Crippen molar-refractivity contribution in [2.75, 3.05) is 0 Å². The van der Waals surface area contributed by atoms with Gasteiger partial charge in [-0.15, -0.1) is 0 Å². The zero-order valence-corrected chi connectivity index (χ0v) is 11.9. The number of benzene rings is 1. The first-order valence-corrected chi connectivity index (χ1v) is 6.81. The number of carboxylic acid groups (broad SMARTS) is 1. The Labute approximate surface area is 118 Å². The van der Waals surface area contributed by atoms with Crippen molar-refractivity contribution in [3.63, 3.8) is 0 Å². The van der Waals surface area contributed by atoms with Crippen molar-refractivity contribution in [3.05, 3.63) is 41.0 Å². The van der Waals surface area contributed by atoms with Gasteiger partial charge in [-0.3, -0.25) is 4.79 Å². The molecule has 4 nitrogen and oxygen atoms in total. The summed E-state index contributed by atoms with van der Waals surface area (Å²) < 4.78 is 0. The first-order chi connectivity index (χ1) is 9.47. The van der Waals surface area contributed by atoms with E-state index in [0.29, 0.717) is 11.1 Å². The molecule has 0 unspecified atom stereocenters. The van der Waals surface area contributed by atoms with Crippen molar-refractivity contribution in [3.8, 4) is 0 Å². The Morgan fingerprint density at radius 3 is 2.50 bits per heavy atom. The van der Waals surface area contributed by atoms with Gasteiger partial charge in [-0.2, -0.15) is 0 Å². The van der Waals surface area contributed by atoms with Gasteiger partial charge in [0.25, 0.3) is 5.91 Å². The van der Waals surface area contributed by atoms with E-state index in [0.717, 1.165) is 17.6 Å². The standard InChI is InChI=1S/C16H19NO3/c1-4-9(2)14-13(10(3)16(19)20)11-7-5-6-8-12(11)15(18)17-14/h5-9,14H,4H2,1-3H3,(H,17,18)(H,19,20)/t9-,14-/m0/s1. The summed E-state index contributed by atoms with van der Waals surface area (Å²) >= 11 is 0. The SMILES string of the molecule is CC[C@H](C)[C@@H]1NC(=O)c2ccccc2C1=C(C)C(=O)O. The van der Waals surface area contributed by atoms with Crippen LogP contribution in [0.2, 0.25) is 0 Å². The first kappa shape index (κ1) is 14.3. The highest BCUT2D eigenvalue weighted by Crippen LogP contribution is 2.34. The van der Waals surface area contributed by atoms with Gasteiger partial charge in [-0.1, -0.05) is 38.5 Å². The van der Waals surface area contributed by atoms with Gasteiger partial charge < -0.3 is 10.4 Å². The maximum absolute atomic E-state index is 12.2. The smallest absolute Gasteiger partial charge is 0.331 e. The molecule has 106 valence electrons. The summed E-state index contributed by atoms with van der Waals surface area (Å²) in [6.07, 6.45) is 0.865. The second-order valence-electron chi connectivity index (χ2n) is 5.23. The molecule has 1 aliphatic heterocycles. The Balaban J connectivity index is 2.68. The monoisotopic (exact) mass is 273 g/mol. The van der Waals surface area contributed by atoms with E-state index in [1.807, 2.05) is 26.0 Å². The van der Waals surface area contributed by atoms with Gasteiger partial charge in [-0.05, 0) is 30.0 Å². The Bertz CT molecular complexity index is 589. The fourth-order valence-corrected chi connectivity index (χ4v) is 2.59. The van der Waals surface area contributed by atoms with Crippen LogP contribution < -0.4 is 5.32 Å². The lowest BCUT2D eigenvalue weighted by Crippen LogP contribution is -2.45. The third kappa shape index (κ3) is 2.33. The Kier molecular flexibility index (Phi) is 3.93. The second-order valence-corrected chi connectivity index (χ2v) is 5.23. The van der Waals surface area contributed by atoms with Crippen LogP contribution in [0.4, 0.5) is 0 Å². The van der Waals surface area contributed by atoms with Gasteiger partial charge >= 0.3 is 5.97 Å². The summed E-state index contributed by atoms with van der Waals surface area (Å²) in [5, 5.41) is 12.3. The highest BCUT2D eigenvalue weighted by molar-refractivity contribution is 6.07. The number of carboxylic acids is 1. The minimum atomic E-state index is -0.945. The molecule has 2 rings (SSSR count). The molecule has 1 amide bonds. The quantitative estimate of drug-likeness (QED) is 0.832. The number of carbonyl (C=O) groups excluding carboxylic acids is 1. The van der Waals surface area contributed by atoms with Crippen LogP contribution in [0.5, 0.6) is 0 Å². The number of hydrogen-bond donors (Lipinski definition) is 2. The minimum Gasteiger partial charge on any atom is -0.478 e. The number of hydrogen-bond acceptors (Lipinski definition) is 2. The third-order valence-electron chi connectivity index (χ3n) is 4.00. The molecular formula is C16H19NO3. The predicted octanol–water partition coefficient (Wildman–Crippen LogP) is 2.70. The third-order valence-corrected chi connectivity index (χ3v) is 4.00. The maximum atomic E-state index is 12.2. The van der Waals surface area contributed by atoms with Crippen molar-refractivity contribution >= 4 is 17.4 Å². The molecule has 2 N–H and O–H groups in total. The summed E-state index contributed by atoms with van der Waals surface area (Å²) in [6, 6.07) is 6.92. The lowest BCUT2D eigenvalue weighted by Gasteiger charge is -2.33. The van der Waals surface area contributed by atoms with Crippen LogP contribution in [0.15, 0.2) is 29.8 Å². The Morgan fingerprint density at radius 1 is 1.35 bits per heavy atom. The number of aliphatic carboxylic acids is 1. The normalized spacial score (nSPS) is 21.8. The zero-order valence-electron chi connectivity index (χ0n) is 11.9. The predicted molar refractivity (Wildman–Crippen MR) is 77.4 cm³/mol. The lowest BCUT2D eigenvalue weighted by molar-refractivity contribution is -0.132. The van der Waals surface area contributed by atoms with E-state index in [9.17, 15) is 14.7 Å². The minimum absolute atomic E-state index is 0.132. The van der Waals surface area contributed by atoms with Crippen LogP contribution in [-0.2, 0) is 4.79 Å². The molecule has 4 heteroatoms. The van der Waals surface area contributed by atoms with Gasteiger partial charge in [0, 0.05) is 11.1 Å². The summed E-state index contributed by atoms with van der Waals surface area (Å²) in [4.78, 5) is 23.5. The van der Waals surface area contributed by atoms with E-state index in [-0.39, 0.29) is 17.9 Å². The van der Waals surface area contributed by atoms with Crippen molar-refractivity contribution in [1.29, 1.82) is 0 Å². The molecule has 1 heterocycles. The van der Waals surface area contributed by atoms with E-state index in [1.165, 1.54) is 0 Å². The summed E-state index contributed by atoms with van der Waals surface area (Å²) in [5.74, 6) is -0.899. The van der Waals surface area contributed by atoms with Crippen LogP contribution in [-0.4, -0.2) is 23.0 Å². The number of fused-ring (bicyclic) bond motifs is 1. The molecule has 20 heavy (non-hydrogen) atoms. The average Bonchev–Trinajstić information content (AvgIpc) is 2.45. The van der Waals surface area contributed by atoms with Crippen LogP contribution in [0.25, 0.3) is 5.57 Å². The van der Waals surface area contributed by atoms with Crippen LogP contribution in [0.1, 0.15) is 43.1 Å². The first-order valence-electron chi connectivity index (χ1n) is 6.81. The highest BCUT2D eigenvalue weighted by Gasteiger charge is 2.33. The van der Waals surface area contributed by atoms with E-state index in [2.05, 4.69) is 5.32 Å². The van der Waals surface area contributed by atoms with Gasteiger partial charge in [0.1, 0.15) is 0 Å². The molecule has 0 bridgehead atoms. The molecule has 0 aromatic heterocycles. The van der Waals surface area contributed by atoms with E-state index in [4.69, 9.17) is 0 Å². The molecule has 2 atom stereocenters. The molecule has 0 saturated carbocycles. The fraction of sp³-hybridized carbons (Fsp3) is 0.375. The molecule has 0 radical (unpaired) electrons. The van der Waals surface area contributed by atoms with Crippen molar-refractivity contribution < 1.29 is 14.7 Å². The summed E-state index contributed by atoms with van der Waals surface area (Å²) in [7, 11) is 0. The molecule has 1 aromatic rings. The Hall–Kier alpha value is -2.10. The number of rotatable bonds is 3. The van der Waals surface area contributed by atoms with E-state index in [1.54, 1.807) is 19.1 Å². The van der Waals surface area contributed by atoms with Crippen molar-refractivity contribution in [1.82, 2.24) is 5.32 Å². The van der Waals surface area contributed by atoms with Gasteiger partial charge in [0.2, 0.25) is 0 Å². The van der Waals surface area contributed by atoms with Gasteiger partial charge in [-0.25, -0.2) is 4.79 Å². The number of nitrogens with one attached hydrogen (secondary N) is 1. The summed E-state index contributed by atoms with van der Waals surface area (Å²) in [6.45, 7) is 5.65. The van der Waals surface area contributed by atoms with Gasteiger partial charge in [0.15, 0.2) is 0 Å². The molecular weight excluding hydrogens is 254 g/mol. The largest absolute Gasteiger partial charge is 0.478 e. The second kappa shape index (κ2) is 5.49. The topological polar surface area (TPSA) is 66.4 Å². The highest BCUT2D eigenvalue weighted by atomic mass is 16.4. The maximum Gasteiger partial charge on any atom is 0.331 e. The number of carbonyl (C=O) groups is 2. The van der Waals surface area contributed by atoms with E-state index < -0.39 is 5.97 Å². The molecule has 0 saturated heterocycles. The summed E-state index contributed by atoms with van der Waals surface area (Å²) in [5.41, 5.74) is 2.30.